The minimum Gasteiger partial charge on any atom is -0.458 e. The Morgan fingerprint density at radius 2 is 1.26 bits per heavy atom. The van der Waals surface area contributed by atoms with Crippen LogP contribution in [0.25, 0.3) is 55.6 Å². The normalized spacial score (nSPS) is 12.9. The molecule has 0 saturated carbocycles. The molecule has 42 heavy (non-hydrogen) atoms. The molecule has 8 aromatic rings. The lowest BCUT2D eigenvalue weighted by molar-refractivity contribution is 0.487. The molecular formula is C37H22BN3O. The summed E-state index contributed by atoms with van der Waals surface area (Å²) in [6.07, 6.45) is 0. The number of para-hydroxylation sites is 4. The van der Waals surface area contributed by atoms with E-state index in [4.69, 9.17) is 9.72 Å². The monoisotopic (exact) mass is 535 g/mol. The third-order valence-corrected chi connectivity index (χ3v) is 8.97. The van der Waals surface area contributed by atoms with Crippen molar-refractivity contribution < 1.29 is 4.74 Å². The molecule has 2 aromatic heterocycles. The zero-order valence-electron chi connectivity index (χ0n) is 22.5. The van der Waals surface area contributed by atoms with E-state index in [9.17, 15) is 0 Å². The minimum absolute atomic E-state index is 0.0590. The molecule has 0 amide bonds. The molecular weight excluding hydrogens is 513 g/mol. The number of rotatable bonds is 2. The SMILES string of the molecule is c1ccc(-c2nc3cccc4c3n2-c2cc(-n3c5ccccc5c5ccccc53)cc3c2B4c2ccccc2O3)cc1. The van der Waals surface area contributed by atoms with E-state index in [0.29, 0.717) is 0 Å². The van der Waals surface area contributed by atoms with Crippen molar-refractivity contribution in [3.63, 3.8) is 0 Å². The highest BCUT2D eigenvalue weighted by atomic mass is 16.5. The zero-order valence-corrected chi connectivity index (χ0v) is 22.5. The number of nitrogens with zero attached hydrogens (tertiary/aromatic N) is 3. The molecule has 6 aromatic carbocycles. The first-order valence-corrected chi connectivity index (χ1v) is 14.4. The largest absolute Gasteiger partial charge is 0.458 e. The average molecular weight is 535 g/mol. The fraction of sp³-hybridized carbons (Fsp3) is 0. The number of aromatic nitrogens is 3. The Bertz CT molecular complexity index is 2350. The first kappa shape index (κ1) is 22.2. The lowest BCUT2D eigenvalue weighted by atomic mass is 9.34. The van der Waals surface area contributed by atoms with E-state index in [-0.39, 0.29) is 6.71 Å². The van der Waals surface area contributed by atoms with E-state index in [0.717, 1.165) is 45.3 Å². The Morgan fingerprint density at radius 3 is 2.07 bits per heavy atom. The maximum Gasteiger partial charge on any atom is 0.256 e. The van der Waals surface area contributed by atoms with Gasteiger partial charge in [0.1, 0.15) is 17.3 Å². The number of ether oxygens (including phenoxy) is 1. The van der Waals surface area contributed by atoms with Gasteiger partial charge in [0.25, 0.3) is 6.71 Å². The Morgan fingerprint density at radius 1 is 0.571 bits per heavy atom. The fourth-order valence-electron chi connectivity index (χ4n) is 7.30. The molecule has 0 fully saturated rings. The summed E-state index contributed by atoms with van der Waals surface area (Å²) in [6, 6.07) is 47.4. The second kappa shape index (κ2) is 8.02. The van der Waals surface area contributed by atoms with Gasteiger partial charge in [0, 0.05) is 28.1 Å². The van der Waals surface area contributed by atoms with E-state index < -0.39 is 0 Å². The van der Waals surface area contributed by atoms with Gasteiger partial charge in [-0.3, -0.25) is 4.57 Å². The quantitative estimate of drug-likeness (QED) is 0.230. The highest BCUT2D eigenvalue weighted by Crippen LogP contribution is 2.39. The highest BCUT2D eigenvalue weighted by Gasteiger charge is 2.41. The third kappa shape index (κ3) is 2.80. The summed E-state index contributed by atoms with van der Waals surface area (Å²) in [5.74, 6) is 2.74. The van der Waals surface area contributed by atoms with Gasteiger partial charge in [-0.1, -0.05) is 97.1 Å². The van der Waals surface area contributed by atoms with Crippen LogP contribution in [0.4, 0.5) is 0 Å². The molecule has 0 bridgehead atoms. The van der Waals surface area contributed by atoms with Gasteiger partial charge >= 0.3 is 0 Å². The predicted octanol–water partition coefficient (Wildman–Crippen LogP) is 6.72. The fourth-order valence-corrected chi connectivity index (χ4v) is 7.30. The number of hydrogen-bond acceptors (Lipinski definition) is 2. The molecule has 0 atom stereocenters. The van der Waals surface area contributed by atoms with Crippen LogP contribution in [0.5, 0.6) is 11.5 Å². The maximum absolute atomic E-state index is 6.77. The van der Waals surface area contributed by atoms with E-state index in [2.05, 4.69) is 143 Å². The van der Waals surface area contributed by atoms with Crippen molar-refractivity contribution in [1.29, 1.82) is 0 Å². The topological polar surface area (TPSA) is 32.0 Å². The molecule has 4 heterocycles. The van der Waals surface area contributed by atoms with Crippen LogP contribution in [0.15, 0.2) is 133 Å². The van der Waals surface area contributed by atoms with Crippen LogP contribution in [-0.4, -0.2) is 20.8 Å². The molecule has 5 heteroatoms. The Labute approximate surface area is 242 Å². The van der Waals surface area contributed by atoms with Crippen molar-refractivity contribution in [2.24, 2.45) is 0 Å². The van der Waals surface area contributed by atoms with Crippen molar-refractivity contribution >= 4 is 55.9 Å². The van der Waals surface area contributed by atoms with Crippen LogP contribution in [0.1, 0.15) is 0 Å². The first-order chi connectivity index (χ1) is 20.8. The first-order valence-electron chi connectivity index (χ1n) is 14.4. The maximum atomic E-state index is 6.77. The van der Waals surface area contributed by atoms with Gasteiger partial charge in [-0.2, -0.15) is 0 Å². The van der Waals surface area contributed by atoms with E-state index in [1.807, 2.05) is 0 Å². The molecule has 2 aliphatic heterocycles. The number of fused-ring (bicyclic) bond motifs is 7. The lowest BCUT2D eigenvalue weighted by Crippen LogP contribution is -2.58. The third-order valence-electron chi connectivity index (χ3n) is 8.97. The molecule has 0 N–H and O–H groups in total. The molecule has 10 rings (SSSR count). The second-order valence-corrected chi connectivity index (χ2v) is 11.2. The van der Waals surface area contributed by atoms with Crippen LogP contribution in [0.2, 0.25) is 0 Å². The Kier molecular flexibility index (Phi) is 4.23. The van der Waals surface area contributed by atoms with Gasteiger partial charge in [-0.15, -0.1) is 0 Å². The van der Waals surface area contributed by atoms with Gasteiger partial charge in [-0.05, 0) is 46.7 Å². The van der Waals surface area contributed by atoms with Crippen LogP contribution in [-0.2, 0) is 0 Å². The second-order valence-electron chi connectivity index (χ2n) is 11.2. The summed E-state index contributed by atoms with van der Waals surface area (Å²) in [6.45, 7) is 0.0590. The number of benzene rings is 6. The number of imidazole rings is 1. The van der Waals surface area contributed by atoms with E-state index >= 15 is 0 Å². The van der Waals surface area contributed by atoms with Gasteiger partial charge in [0.15, 0.2) is 0 Å². The summed E-state index contributed by atoms with van der Waals surface area (Å²) >= 11 is 0. The highest BCUT2D eigenvalue weighted by molar-refractivity contribution is 6.99. The van der Waals surface area contributed by atoms with Gasteiger partial charge < -0.3 is 9.30 Å². The van der Waals surface area contributed by atoms with Crippen molar-refractivity contribution in [3.05, 3.63) is 133 Å². The van der Waals surface area contributed by atoms with E-state index in [1.54, 1.807) is 0 Å². The Hall–Kier alpha value is -5.55. The standard InChI is InChI=1S/C37H22BN3O/c1-2-11-23(12-3-1)37-39-29-17-10-16-28-36(29)41(37)32-21-24(22-34-35(32)38(28)27-15-6-9-20-33(27)42-34)40-30-18-7-4-13-25(30)26-14-5-8-19-31(26)40/h1-22H. The molecule has 0 saturated heterocycles. The molecule has 4 nitrogen and oxygen atoms in total. The van der Waals surface area contributed by atoms with Gasteiger partial charge in [0.05, 0.1) is 27.8 Å². The zero-order chi connectivity index (χ0) is 27.4. The summed E-state index contributed by atoms with van der Waals surface area (Å²) in [7, 11) is 0. The summed E-state index contributed by atoms with van der Waals surface area (Å²) in [5.41, 5.74) is 11.4. The minimum atomic E-state index is 0.0590. The molecule has 0 spiro atoms. The smallest absolute Gasteiger partial charge is 0.256 e. The van der Waals surface area contributed by atoms with Crippen molar-refractivity contribution in [2.45, 2.75) is 0 Å². The number of hydrogen-bond donors (Lipinski definition) is 0. The lowest BCUT2D eigenvalue weighted by Gasteiger charge is -2.33. The molecule has 0 radical (unpaired) electrons. The summed E-state index contributed by atoms with van der Waals surface area (Å²) in [4.78, 5) is 5.24. The molecule has 2 aliphatic rings. The van der Waals surface area contributed by atoms with Crippen LogP contribution in [0, 0.1) is 0 Å². The molecule has 0 unspecified atom stereocenters. The molecule has 0 aliphatic carbocycles. The van der Waals surface area contributed by atoms with Gasteiger partial charge in [0.2, 0.25) is 0 Å². The average Bonchev–Trinajstić information content (AvgIpc) is 3.60. The van der Waals surface area contributed by atoms with Crippen LogP contribution < -0.4 is 21.1 Å². The van der Waals surface area contributed by atoms with Crippen molar-refractivity contribution in [3.8, 4) is 34.3 Å². The summed E-state index contributed by atoms with van der Waals surface area (Å²) < 4.78 is 11.5. The van der Waals surface area contributed by atoms with E-state index in [1.165, 1.54) is 38.2 Å². The molecule has 194 valence electrons. The van der Waals surface area contributed by atoms with Crippen LogP contribution >= 0.6 is 0 Å². The van der Waals surface area contributed by atoms with Gasteiger partial charge in [-0.25, -0.2) is 4.98 Å². The van der Waals surface area contributed by atoms with Crippen molar-refractivity contribution in [1.82, 2.24) is 14.1 Å². The summed E-state index contributed by atoms with van der Waals surface area (Å²) in [5, 5.41) is 2.48. The predicted molar refractivity (Wildman–Crippen MR) is 172 cm³/mol. The van der Waals surface area contributed by atoms with Crippen molar-refractivity contribution in [2.75, 3.05) is 0 Å². The Balaban J connectivity index is 1.37. The van der Waals surface area contributed by atoms with Crippen LogP contribution in [0.3, 0.4) is 0 Å².